The van der Waals surface area contributed by atoms with Crippen LogP contribution in [0.5, 0.6) is 0 Å². The van der Waals surface area contributed by atoms with E-state index in [2.05, 4.69) is 31.4 Å². The van der Waals surface area contributed by atoms with Crippen LogP contribution < -0.4 is 5.43 Å². The molecule has 138 valence electrons. The first-order chi connectivity index (χ1) is 12.9. The summed E-state index contributed by atoms with van der Waals surface area (Å²) in [5.41, 5.74) is 5.50. The molecule has 0 radical (unpaired) electrons. The molecular weight excluding hydrogens is 435 g/mol. The Balaban J connectivity index is 1.83. The maximum absolute atomic E-state index is 14.3. The van der Waals surface area contributed by atoms with Gasteiger partial charge in [0, 0.05) is 27.6 Å². The molecule has 3 rings (SSSR count). The van der Waals surface area contributed by atoms with Gasteiger partial charge in [0.1, 0.15) is 11.0 Å². The summed E-state index contributed by atoms with van der Waals surface area (Å²) in [5.74, 6) is -0.800. The Bertz CT molecular complexity index is 1050. The average Bonchev–Trinajstić information content (AvgIpc) is 2.89. The second-order valence-electron chi connectivity index (χ2n) is 5.80. The molecule has 0 unspecified atom stereocenters. The average molecular weight is 450 g/mol. The number of carbonyl (C=O) groups is 1. The molecule has 8 heteroatoms. The first-order valence-electron chi connectivity index (χ1n) is 7.96. The van der Waals surface area contributed by atoms with Crippen molar-refractivity contribution in [3.05, 3.63) is 80.6 Å². The maximum Gasteiger partial charge on any atom is 0.274 e. The molecule has 1 N–H and O–H groups in total. The fourth-order valence-corrected chi connectivity index (χ4v) is 3.27. The van der Waals surface area contributed by atoms with Crippen molar-refractivity contribution in [1.82, 2.24) is 15.0 Å². The number of hydrazone groups is 1. The predicted molar refractivity (Wildman–Crippen MR) is 107 cm³/mol. The molecule has 2 heterocycles. The molecular formula is C19H15BrClFN4O. The van der Waals surface area contributed by atoms with Gasteiger partial charge in [-0.05, 0) is 50.2 Å². The van der Waals surface area contributed by atoms with Gasteiger partial charge in [-0.3, -0.25) is 4.79 Å². The van der Waals surface area contributed by atoms with E-state index in [-0.39, 0.29) is 16.5 Å². The van der Waals surface area contributed by atoms with Crippen molar-refractivity contribution in [2.24, 2.45) is 5.10 Å². The van der Waals surface area contributed by atoms with Gasteiger partial charge in [0.05, 0.1) is 17.5 Å². The van der Waals surface area contributed by atoms with E-state index < -0.39 is 5.91 Å². The number of aryl methyl sites for hydroxylation is 1. The Morgan fingerprint density at radius 1 is 1.33 bits per heavy atom. The molecule has 0 aliphatic carbocycles. The Labute approximate surface area is 169 Å². The van der Waals surface area contributed by atoms with Gasteiger partial charge in [0.2, 0.25) is 0 Å². The first kappa shape index (κ1) is 19.3. The fourth-order valence-electron chi connectivity index (χ4n) is 2.73. The molecule has 0 atom stereocenters. The highest BCUT2D eigenvalue weighted by molar-refractivity contribution is 9.10. The van der Waals surface area contributed by atoms with Crippen molar-refractivity contribution in [1.29, 1.82) is 0 Å². The third kappa shape index (κ3) is 4.09. The predicted octanol–water partition coefficient (Wildman–Crippen LogP) is 4.81. The number of rotatable bonds is 4. The Morgan fingerprint density at radius 2 is 2.11 bits per heavy atom. The van der Waals surface area contributed by atoms with E-state index in [4.69, 9.17) is 11.6 Å². The molecule has 1 amide bonds. The lowest BCUT2D eigenvalue weighted by atomic mass is 10.2. The molecule has 3 aromatic rings. The van der Waals surface area contributed by atoms with Crippen molar-refractivity contribution in [2.45, 2.75) is 13.8 Å². The van der Waals surface area contributed by atoms with E-state index in [0.29, 0.717) is 10.2 Å². The van der Waals surface area contributed by atoms with Crippen LogP contribution in [0.1, 0.15) is 27.3 Å². The number of hydrogen-bond donors (Lipinski definition) is 1. The van der Waals surface area contributed by atoms with Gasteiger partial charge in [-0.2, -0.15) is 5.10 Å². The summed E-state index contributed by atoms with van der Waals surface area (Å²) >= 11 is 9.15. The van der Waals surface area contributed by atoms with E-state index in [1.165, 1.54) is 18.5 Å². The van der Waals surface area contributed by atoms with Crippen LogP contribution in [-0.2, 0) is 0 Å². The van der Waals surface area contributed by atoms with Crippen molar-refractivity contribution < 1.29 is 9.18 Å². The Kier molecular flexibility index (Phi) is 5.72. The third-order valence-electron chi connectivity index (χ3n) is 3.99. The second-order valence-corrected chi connectivity index (χ2v) is 7.07. The van der Waals surface area contributed by atoms with Gasteiger partial charge in [-0.1, -0.05) is 27.5 Å². The molecule has 0 saturated carbocycles. The molecule has 5 nitrogen and oxygen atoms in total. The number of carbonyl (C=O) groups excluding carboxylic acids is 1. The summed E-state index contributed by atoms with van der Waals surface area (Å²) in [6, 6.07) is 9.94. The first-order valence-corrected chi connectivity index (χ1v) is 9.14. The van der Waals surface area contributed by atoms with E-state index in [9.17, 15) is 9.18 Å². The zero-order valence-corrected chi connectivity index (χ0v) is 16.8. The number of aromatic nitrogens is 2. The van der Waals surface area contributed by atoms with Crippen molar-refractivity contribution >= 4 is 39.7 Å². The number of halogens is 3. The molecule has 27 heavy (non-hydrogen) atoms. The van der Waals surface area contributed by atoms with Crippen LogP contribution in [0.4, 0.5) is 4.39 Å². The third-order valence-corrected chi connectivity index (χ3v) is 4.79. The molecule has 0 fully saturated rings. The molecule has 1 aromatic carbocycles. The number of benzene rings is 1. The smallest absolute Gasteiger partial charge is 0.274 e. The van der Waals surface area contributed by atoms with Gasteiger partial charge in [0.25, 0.3) is 5.91 Å². The number of nitrogens with one attached hydrogen (secondary N) is 1. The maximum atomic E-state index is 14.3. The van der Waals surface area contributed by atoms with Crippen molar-refractivity contribution in [3.63, 3.8) is 0 Å². The van der Waals surface area contributed by atoms with Crippen LogP contribution in [0.15, 0.2) is 52.2 Å². The highest BCUT2D eigenvalue weighted by Crippen LogP contribution is 2.24. The van der Waals surface area contributed by atoms with Gasteiger partial charge in [-0.15, -0.1) is 0 Å². The van der Waals surface area contributed by atoms with E-state index in [1.807, 2.05) is 19.9 Å². The number of amides is 1. The highest BCUT2D eigenvalue weighted by atomic mass is 79.9. The zero-order valence-electron chi connectivity index (χ0n) is 14.5. The largest absolute Gasteiger partial charge is 0.315 e. The minimum absolute atomic E-state index is 0.106. The number of nitrogens with zero attached hydrogens (tertiary/aromatic N) is 3. The van der Waals surface area contributed by atoms with Gasteiger partial charge in [-0.25, -0.2) is 14.8 Å². The van der Waals surface area contributed by atoms with Gasteiger partial charge < -0.3 is 4.57 Å². The summed E-state index contributed by atoms with van der Waals surface area (Å²) < 4.78 is 16.8. The normalized spacial score (nSPS) is 11.1. The van der Waals surface area contributed by atoms with E-state index >= 15 is 0 Å². The van der Waals surface area contributed by atoms with Crippen molar-refractivity contribution in [2.75, 3.05) is 0 Å². The van der Waals surface area contributed by atoms with Crippen LogP contribution in [0.2, 0.25) is 5.15 Å². The lowest BCUT2D eigenvalue weighted by Crippen LogP contribution is -2.18. The van der Waals surface area contributed by atoms with Gasteiger partial charge >= 0.3 is 0 Å². The topological polar surface area (TPSA) is 59.3 Å². The highest BCUT2D eigenvalue weighted by Gasteiger charge is 2.14. The quantitative estimate of drug-likeness (QED) is 0.353. The summed E-state index contributed by atoms with van der Waals surface area (Å²) in [4.78, 5) is 16.0. The minimum atomic E-state index is -0.461. The summed E-state index contributed by atoms with van der Waals surface area (Å²) in [5, 5.41) is 4.08. The molecule has 0 aliphatic heterocycles. The monoisotopic (exact) mass is 448 g/mol. The summed E-state index contributed by atoms with van der Waals surface area (Å²) in [7, 11) is 0. The second kappa shape index (κ2) is 8.02. The number of pyridine rings is 1. The molecule has 0 aliphatic rings. The summed E-state index contributed by atoms with van der Waals surface area (Å²) in [6.07, 6.45) is 3.01. The SMILES string of the molecule is Cc1cc(C=NNC(=O)c2cccnc2Cl)c(C)n1-c1ccc(Br)cc1F. The zero-order chi connectivity index (χ0) is 19.6. The van der Waals surface area contributed by atoms with E-state index in [1.54, 1.807) is 28.8 Å². The number of hydrogen-bond acceptors (Lipinski definition) is 3. The van der Waals surface area contributed by atoms with Crippen LogP contribution in [0.3, 0.4) is 0 Å². The molecule has 0 saturated heterocycles. The summed E-state index contributed by atoms with van der Waals surface area (Å²) in [6.45, 7) is 3.73. The van der Waals surface area contributed by atoms with E-state index in [0.717, 1.165) is 17.0 Å². The molecule has 2 aromatic heterocycles. The van der Waals surface area contributed by atoms with Crippen LogP contribution >= 0.6 is 27.5 Å². The Morgan fingerprint density at radius 3 is 2.81 bits per heavy atom. The lowest BCUT2D eigenvalue weighted by Gasteiger charge is -2.11. The van der Waals surface area contributed by atoms with Crippen LogP contribution in [0, 0.1) is 19.7 Å². The van der Waals surface area contributed by atoms with Crippen LogP contribution in [0.25, 0.3) is 5.69 Å². The lowest BCUT2D eigenvalue weighted by molar-refractivity contribution is 0.0955. The molecule has 0 spiro atoms. The molecule has 0 bridgehead atoms. The van der Waals surface area contributed by atoms with Crippen LogP contribution in [-0.4, -0.2) is 21.7 Å². The fraction of sp³-hybridized carbons (Fsp3) is 0.105. The van der Waals surface area contributed by atoms with Gasteiger partial charge in [0.15, 0.2) is 0 Å². The van der Waals surface area contributed by atoms with Crippen molar-refractivity contribution in [3.8, 4) is 5.69 Å². The minimum Gasteiger partial charge on any atom is -0.315 e. The Hall–Kier alpha value is -2.51. The standard InChI is InChI=1S/C19H15BrClFN4O/c1-11-8-13(10-24-25-19(27)15-4-3-7-23-18(15)21)12(2)26(11)17-6-5-14(20)9-16(17)22/h3-10H,1-2H3,(H,25,27).